The highest BCUT2D eigenvalue weighted by atomic mass is 16.5. The van der Waals surface area contributed by atoms with Gasteiger partial charge in [0.25, 0.3) is 0 Å². The SMILES string of the molecule is CCCC1(CNCc2ccc(OC(C)C)cc2)CC1. The van der Waals surface area contributed by atoms with Gasteiger partial charge in [0.2, 0.25) is 0 Å². The zero-order valence-corrected chi connectivity index (χ0v) is 12.5. The predicted octanol–water partition coefficient (Wildman–Crippen LogP) is 4.14. The van der Waals surface area contributed by atoms with Crippen molar-refractivity contribution in [1.82, 2.24) is 5.32 Å². The number of rotatable bonds is 8. The summed E-state index contributed by atoms with van der Waals surface area (Å²) in [5, 5.41) is 3.61. The fourth-order valence-corrected chi connectivity index (χ4v) is 2.65. The highest BCUT2D eigenvalue weighted by Crippen LogP contribution is 2.48. The lowest BCUT2D eigenvalue weighted by Gasteiger charge is -2.15. The fraction of sp³-hybridized carbons (Fsp3) is 0.647. The lowest BCUT2D eigenvalue weighted by molar-refractivity contribution is 0.242. The molecule has 1 aliphatic carbocycles. The van der Waals surface area contributed by atoms with Crippen molar-refractivity contribution >= 4 is 0 Å². The van der Waals surface area contributed by atoms with E-state index < -0.39 is 0 Å². The zero-order valence-electron chi connectivity index (χ0n) is 12.5. The summed E-state index contributed by atoms with van der Waals surface area (Å²) in [5.41, 5.74) is 1.97. The molecular formula is C17H27NO. The molecule has 19 heavy (non-hydrogen) atoms. The van der Waals surface area contributed by atoms with E-state index in [1.807, 2.05) is 0 Å². The van der Waals surface area contributed by atoms with Gasteiger partial charge in [0.15, 0.2) is 0 Å². The van der Waals surface area contributed by atoms with Gasteiger partial charge >= 0.3 is 0 Å². The summed E-state index contributed by atoms with van der Waals surface area (Å²) in [4.78, 5) is 0. The summed E-state index contributed by atoms with van der Waals surface area (Å²) in [6.45, 7) is 8.53. The van der Waals surface area contributed by atoms with Gasteiger partial charge in [-0.15, -0.1) is 0 Å². The lowest BCUT2D eigenvalue weighted by atomic mass is 10.0. The van der Waals surface area contributed by atoms with Crippen molar-refractivity contribution in [3.8, 4) is 5.75 Å². The molecule has 0 radical (unpaired) electrons. The molecule has 0 amide bonds. The van der Waals surface area contributed by atoms with Gasteiger partial charge in [-0.2, -0.15) is 0 Å². The molecule has 2 nitrogen and oxygen atoms in total. The normalized spacial score (nSPS) is 16.6. The topological polar surface area (TPSA) is 21.3 Å². The van der Waals surface area contributed by atoms with Gasteiger partial charge in [-0.1, -0.05) is 25.5 Å². The highest BCUT2D eigenvalue weighted by molar-refractivity contribution is 5.27. The molecule has 0 atom stereocenters. The third kappa shape index (κ3) is 4.54. The van der Waals surface area contributed by atoms with Gasteiger partial charge in [0.1, 0.15) is 5.75 Å². The second kappa shape index (κ2) is 6.42. The van der Waals surface area contributed by atoms with Gasteiger partial charge in [-0.05, 0) is 56.2 Å². The molecular weight excluding hydrogens is 234 g/mol. The Kier molecular flexibility index (Phi) is 4.87. The third-order valence-corrected chi connectivity index (χ3v) is 3.86. The molecule has 1 fully saturated rings. The van der Waals surface area contributed by atoms with E-state index in [4.69, 9.17) is 4.74 Å². The molecule has 0 spiro atoms. The average molecular weight is 261 g/mol. The van der Waals surface area contributed by atoms with Crippen LogP contribution < -0.4 is 10.1 Å². The molecule has 1 saturated carbocycles. The highest BCUT2D eigenvalue weighted by Gasteiger charge is 2.40. The van der Waals surface area contributed by atoms with Crippen LogP contribution in [0.1, 0.15) is 52.0 Å². The van der Waals surface area contributed by atoms with E-state index in [-0.39, 0.29) is 6.10 Å². The van der Waals surface area contributed by atoms with Crippen molar-refractivity contribution in [1.29, 1.82) is 0 Å². The van der Waals surface area contributed by atoms with Crippen LogP contribution in [0.4, 0.5) is 0 Å². The first-order valence-corrected chi connectivity index (χ1v) is 7.60. The molecule has 2 rings (SSSR count). The van der Waals surface area contributed by atoms with Crippen LogP contribution in [0.25, 0.3) is 0 Å². The van der Waals surface area contributed by atoms with Gasteiger partial charge in [-0.3, -0.25) is 0 Å². The van der Waals surface area contributed by atoms with Crippen LogP contribution >= 0.6 is 0 Å². The number of nitrogens with one attached hydrogen (secondary N) is 1. The maximum Gasteiger partial charge on any atom is 0.119 e. The Bertz CT molecular complexity index is 379. The van der Waals surface area contributed by atoms with Crippen LogP contribution in [0.5, 0.6) is 5.75 Å². The standard InChI is InChI=1S/C17H27NO/c1-4-9-17(10-11-17)13-18-12-15-5-7-16(8-6-15)19-14(2)3/h5-8,14,18H,4,9-13H2,1-3H3. The van der Waals surface area contributed by atoms with Crippen LogP contribution in [0.2, 0.25) is 0 Å². The summed E-state index contributed by atoms with van der Waals surface area (Å²) in [6, 6.07) is 8.44. The van der Waals surface area contributed by atoms with Crippen molar-refractivity contribution in [2.24, 2.45) is 5.41 Å². The molecule has 0 heterocycles. The second-order valence-electron chi connectivity index (χ2n) is 6.16. The van der Waals surface area contributed by atoms with Gasteiger partial charge in [0, 0.05) is 13.1 Å². The van der Waals surface area contributed by atoms with E-state index in [2.05, 4.69) is 50.4 Å². The van der Waals surface area contributed by atoms with Crippen molar-refractivity contribution in [2.75, 3.05) is 6.54 Å². The summed E-state index contributed by atoms with van der Waals surface area (Å²) in [5.74, 6) is 0.961. The average Bonchev–Trinajstić information content (AvgIpc) is 3.11. The molecule has 0 unspecified atom stereocenters. The van der Waals surface area contributed by atoms with Crippen molar-refractivity contribution < 1.29 is 4.74 Å². The van der Waals surface area contributed by atoms with Crippen LogP contribution in [0.15, 0.2) is 24.3 Å². The zero-order chi connectivity index (χ0) is 13.7. The molecule has 1 aromatic carbocycles. The van der Waals surface area contributed by atoms with E-state index in [1.54, 1.807) is 0 Å². The maximum absolute atomic E-state index is 5.65. The Labute approximate surface area is 117 Å². The predicted molar refractivity (Wildman–Crippen MR) is 80.5 cm³/mol. The first-order chi connectivity index (χ1) is 9.13. The molecule has 1 aromatic rings. The number of hydrogen-bond acceptors (Lipinski definition) is 2. The number of benzene rings is 1. The molecule has 106 valence electrons. The third-order valence-electron chi connectivity index (χ3n) is 3.86. The summed E-state index contributed by atoms with van der Waals surface area (Å²) < 4.78 is 5.65. The maximum atomic E-state index is 5.65. The summed E-state index contributed by atoms with van der Waals surface area (Å²) >= 11 is 0. The van der Waals surface area contributed by atoms with Crippen molar-refractivity contribution in [3.05, 3.63) is 29.8 Å². The van der Waals surface area contributed by atoms with E-state index >= 15 is 0 Å². The Morgan fingerprint density at radius 2 is 1.89 bits per heavy atom. The minimum atomic E-state index is 0.243. The molecule has 0 aromatic heterocycles. The monoisotopic (exact) mass is 261 g/mol. The Hall–Kier alpha value is -1.02. The summed E-state index contributed by atoms with van der Waals surface area (Å²) in [6.07, 6.45) is 5.75. The molecule has 1 aliphatic rings. The van der Waals surface area contributed by atoms with E-state index in [9.17, 15) is 0 Å². The molecule has 0 saturated heterocycles. The number of ether oxygens (including phenoxy) is 1. The van der Waals surface area contributed by atoms with E-state index in [1.165, 1.54) is 37.8 Å². The van der Waals surface area contributed by atoms with Crippen LogP contribution in [0.3, 0.4) is 0 Å². The fourth-order valence-electron chi connectivity index (χ4n) is 2.65. The van der Waals surface area contributed by atoms with Gasteiger partial charge < -0.3 is 10.1 Å². The number of hydrogen-bond donors (Lipinski definition) is 1. The molecule has 1 N–H and O–H groups in total. The minimum Gasteiger partial charge on any atom is -0.491 e. The summed E-state index contributed by atoms with van der Waals surface area (Å²) in [7, 11) is 0. The van der Waals surface area contributed by atoms with Crippen molar-refractivity contribution in [3.63, 3.8) is 0 Å². The Morgan fingerprint density at radius 3 is 2.42 bits per heavy atom. The minimum absolute atomic E-state index is 0.243. The Morgan fingerprint density at radius 1 is 1.21 bits per heavy atom. The van der Waals surface area contributed by atoms with E-state index in [0.717, 1.165) is 12.3 Å². The van der Waals surface area contributed by atoms with Gasteiger partial charge in [0.05, 0.1) is 6.10 Å². The van der Waals surface area contributed by atoms with E-state index in [0.29, 0.717) is 5.41 Å². The quantitative estimate of drug-likeness (QED) is 0.759. The van der Waals surface area contributed by atoms with Crippen LogP contribution in [-0.2, 0) is 6.54 Å². The molecule has 0 bridgehead atoms. The smallest absolute Gasteiger partial charge is 0.119 e. The van der Waals surface area contributed by atoms with Crippen molar-refractivity contribution in [2.45, 2.75) is 59.1 Å². The van der Waals surface area contributed by atoms with Crippen LogP contribution in [0, 0.1) is 5.41 Å². The van der Waals surface area contributed by atoms with Crippen LogP contribution in [-0.4, -0.2) is 12.6 Å². The van der Waals surface area contributed by atoms with Gasteiger partial charge in [-0.25, -0.2) is 0 Å². The Balaban J connectivity index is 1.74. The molecule has 2 heteroatoms. The first kappa shape index (κ1) is 14.4. The first-order valence-electron chi connectivity index (χ1n) is 7.60. The lowest BCUT2D eigenvalue weighted by Crippen LogP contribution is -2.23. The largest absolute Gasteiger partial charge is 0.491 e. The second-order valence-corrected chi connectivity index (χ2v) is 6.16. The molecule has 0 aliphatic heterocycles.